The molecule has 0 aliphatic carbocycles. The Morgan fingerprint density at radius 3 is 1.46 bits per heavy atom. The van der Waals surface area contributed by atoms with Gasteiger partial charge in [-0.15, -0.1) is 22.7 Å². The lowest BCUT2D eigenvalue weighted by Crippen LogP contribution is -2.10. The zero-order valence-corrected chi connectivity index (χ0v) is 36.8. The van der Waals surface area contributed by atoms with Gasteiger partial charge in [0.2, 0.25) is 0 Å². The first-order chi connectivity index (χ1) is 32.2. The minimum atomic E-state index is 1.11. The molecule has 0 aliphatic heterocycles. The second-order valence-corrected chi connectivity index (χ2v) is 18.7. The predicted octanol–water partition coefficient (Wildman–Crippen LogP) is 18.1. The summed E-state index contributed by atoms with van der Waals surface area (Å²) in [5.41, 5.74) is 12.7. The first-order valence-corrected chi connectivity index (χ1v) is 23.6. The van der Waals surface area contributed by atoms with Gasteiger partial charge in [0.15, 0.2) is 0 Å². The summed E-state index contributed by atoms with van der Waals surface area (Å²) < 4.78 is 7.52. The van der Waals surface area contributed by atoms with E-state index in [0.717, 1.165) is 45.4 Å². The minimum Gasteiger partial charge on any atom is -0.310 e. The van der Waals surface area contributed by atoms with Gasteiger partial charge in [-0.2, -0.15) is 0 Å². The van der Waals surface area contributed by atoms with Gasteiger partial charge in [-0.1, -0.05) is 121 Å². The van der Waals surface area contributed by atoms with Crippen LogP contribution in [-0.2, 0) is 0 Å². The monoisotopic (exact) mass is 865 g/mol. The molecule has 0 fully saturated rings. The molecule has 0 atom stereocenters. The smallest absolute Gasteiger partial charge is 0.0547 e. The number of para-hydroxylation sites is 4. The zero-order valence-electron chi connectivity index (χ0n) is 35.2. The molecule has 0 spiro atoms. The molecule has 0 aliphatic rings. The van der Waals surface area contributed by atoms with Crippen LogP contribution < -0.4 is 9.80 Å². The van der Waals surface area contributed by atoms with Crippen LogP contribution in [0.5, 0.6) is 0 Å². The van der Waals surface area contributed by atoms with Gasteiger partial charge in [-0.3, -0.25) is 0 Å². The Morgan fingerprint density at radius 1 is 0.262 bits per heavy atom. The maximum absolute atomic E-state index is 2.44. The Labute approximate surface area is 384 Å². The molecule has 0 saturated heterocycles. The number of aromatic nitrogens is 1. The summed E-state index contributed by atoms with van der Waals surface area (Å²) in [5.74, 6) is 0. The topological polar surface area (TPSA) is 11.4 Å². The normalized spacial score (nSPS) is 11.7. The summed E-state index contributed by atoms with van der Waals surface area (Å²) in [6.07, 6.45) is 0. The van der Waals surface area contributed by atoms with Crippen molar-refractivity contribution in [3.63, 3.8) is 0 Å². The van der Waals surface area contributed by atoms with Gasteiger partial charge in [0.05, 0.1) is 11.0 Å². The highest BCUT2D eigenvalue weighted by atomic mass is 32.1. The average molecular weight is 866 g/mol. The van der Waals surface area contributed by atoms with Gasteiger partial charge < -0.3 is 14.4 Å². The third-order valence-electron chi connectivity index (χ3n) is 12.7. The number of anilines is 6. The average Bonchev–Trinajstić information content (AvgIpc) is 4.04. The Kier molecular flexibility index (Phi) is 8.90. The number of nitrogens with zero attached hydrogens (tertiary/aromatic N) is 3. The van der Waals surface area contributed by atoms with E-state index in [1.807, 2.05) is 22.7 Å². The van der Waals surface area contributed by atoms with Crippen LogP contribution in [-0.4, -0.2) is 4.57 Å². The Balaban J connectivity index is 0.964. The molecule has 0 radical (unpaired) electrons. The number of hydrogen-bond acceptors (Lipinski definition) is 4. The van der Waals surface area contributed by atoms with Crippen LogP contribution in [0.25, 0.3) is 79.0 Å². The van der Waals surface area contributed by atoms with Crippen molar-refractivity contribution in [3.05, 3.63) is 237 Å². The molecular weight excluding hydrogens is 827 g/mol. The lowest BCUT2D eigenvalue weighted by atomic mass is 10.0. The minimum absolute atomic E-state index is 1.11. The fraction of sp³-hybridized carbons (Fsp3) is 0. The van der Waals surface area contributed by atoms with E-state index in [-0.39, 0.29) is 0 Å². The molecule has 10 aromatic carbocycles. The zero-order chi connectivity index (χ0) is 42.8. The molecule has 3 heterocycles. The first kappa shape index (κ1) is 37.6. The van der Waals surface area contributed by atoms with E-state index in [4.69, 9.17) is 0 Å². The van der Waals surface area contributed by atoms with Gasteiger partial charge in [-0.25, -0.2) is 0 Å². The number of benzene rings is 10. The van der Waals surface area contributed by atoms with Crippen LogP contribution in [0, 0.1) is 0 Å². The largest absolute Gasteiger partial charge is 0.310 e. The van der Waals surface area contributed by atoms with Crippen molar-refractivity contribution >= 4 is 119 Å². The van der Waals surface area contributed by atoms with Gasteiger partial charge >= 0.3 is 0 Å². The van der Waals surface area contributed by atoms with E-state index in [0.29, 0.717) is 0 Å². The van der Waals surface area contributed by atoms with Gasteiger partial charge in [-0.05, 0) is 126 Å². The summed E-state index contributed by atoms with van der Waals surface area (Å²) in [5, 5.41) is 7.59. The third kappa shape index (κ3) is 6.39. The summed E-state index contributed by atoms with van der Waals surface area (Å²) >= 11 is 3.72. The Hall–Kier alpha value is -7.96. The quantitative estimate of drug-likeness (QED) is 0.151. The Morgan fingerprint density at radius 2 is 0.738 bits per heavy atom. The highest BCUT2D eigenvalue weighted by molar-refractivity contribution is 7.26. The highest BCUT2D eigenvalue weighted by Crippen LogP contribution is 2.46. The van der Waals surface area contributed by atoms with Crippen molar-refractivity contribution < 1.29 is 0 Å². The fourth-order valence-electron chi connectivity index (χ4n) is 9.76. The molecule has 0 amide bonds. The van der Waals surface area contributed by atoms with Gasteiger partial charge in [0.1, 0.15) is 0 Å². The molecule has 3 aromatic heterocycles. The molecule has 0 saturated carbocycles. The molecule has 13 rings (SSSR count). The van der Waals surface area contributed by atoms with E-state index >= 15 is 0 Å². The molecular formula is C60H39N3S2. The van der Waals surface area contributed by atoms with E-state index in [1.54, 1.807) is 0 Å². The van der Waals surface area contributed by atoms with Crippen molar-refractivity contribution in [1.82, 2.24) is 4.57 Å². The number of thiophene rings is 2. The molecule has 0 unspecified atom stereocenters. The number of rotatable bonds is 8. The highest BCUT2D eigenvalue weighted by Gasteiger charge is 2.20. The maximum atomic E-state index is 2.44. The van der Waals surface area contributed by atoms with Crippen molar-refractivity contribution in [2.24, 2.45) is 0 Å². The van der Waals surface area contributed by atoms with E-state index in [9.17, 15) is 0 Å². The van der Waals surface area contributed by atoms with Crippen LogP contribution in [0.1, 0.15) is 0 Å². The lowest BCUT2D eigenvalue weighted by molar-refractivity contribution is 1.18. The van der Waals surface area contributed by atoms with Crippen molar-refractivity contribution in [3.8, 4) is 16.8 Å². The molecule has 0 bridgehead atoms. The summed E-state index contributed by atoms with van der Waals surface area (Å²) in [6, 6.07) is 86.4. The first-order valence-electron chi connectivity index (χ1n) is 22.0. The second-order valence-electron chi connectivity index (χ2n) is 16.6. The standard InChI is InChI=1S/C60H39N3S2/c1-4-16-42(17-5-1)61(43-18-6-2-7-19-43)46-29-34-59-54(37-46)52-32-28-48(39-60(52)65-59)62(47-30-33-58-53(38-47)51-24-11-13-26-57(51)64-58)45-22-14-15-40(35-45)41-27-31-50-49-23-10-12-25-55(49)63(56(50)36-41)44-20-8-3-9-21-44/h1-39H. The summed E-state index contributed by atoms with van der Waals surface area (Å²) in [4.78, 5) is 4.78. The SMILES string of the molecule is c1ccc(N(c2ccccc2)c2ccc3sc4cc(N(c5cccc(-c6ccc7c8ccccc8n(-c8ccccc8)c7c6)c5)c5ccc6sc7ccccc7c6c5)ccc4c3c2)cc1. The van der Waals surface area contributed by atoms with Crippen LogP contribution in [0.3, 0.4) is 0 Å². The van der Waals surface area contributed by atoms with Gasteiger partial charge in [0.25, 0.3) is 0 Å². The number of fused-ring (bicyclic) bond motifs is 9. The fourth-order valence-corrected chi connectivity index (χ4v) is 12.0. The molecule has 65 heavy (non-hydrogen) atoms. The summed E-state index contributed by atoms with van der Waals surface area (Å²) in [7, 11) is 0. The van der Waals surface area contributed by atoms with E-state index in [1.165, 1.54) is 67.7 Å². The van der Waals surface area contributed by atoms with Crippen molar-refractivity contribution in [1.29, 1.82) is 0 Å². The maximum Gasteiger partial charge on any atom is 0.0547 e. The van der Waals surface area contributed by atoms with Crippen molar-refractivity contribution in [2.75, 3.05) is 9.80 Å². The second kappa shape index (κ2) is 15.4. The molecule has 5 heteroatoms. The number of hydrogen-bond donors (Lipinski definition) is 0. The van der Waals surface area contributed by atoms with Crippen LogP contribution in [0.4, 0.5) is 34.1 Å². The molecule has 0 N–H and O–H groups in total. The van der Waals surface area contributed by atoms with E-state index in [2.05, 4.69) is 251 Å². The van der Waals surface area contributed by atoms with Crippen LogP contribution in [0.15, 0.2) is 237 Å². The van der Waals surface area contributed by atoms with Crippen LogP contribution >= 0.6 is 22.7 Å². The molecule has 306 valence electrons. The molecule has 13 aromatic rings. The van der Waals surface area contributed by atoms with Crippen molar-refractivity contribution in [2.45, 2.75) is 0 Å². The van der Waals surface area contributed by atoms with Crippen LogP contribution in [0.2, 0.25) is 0 Å². The predicted molar refractivity (Wildman–Crippen MR) is 281 cm³/mol. The third-order valence-corrected chi connectivity index (χ3v) is 15.0. The van der Waals surface area contributed by atoms with Gasteiger partial charge in [0, 0.05) is 90.9 Å². The lowest BCUT2D eigenvalue weighted by Gasteiger charge is -2.26. The summed E-state index contributed by atoms with van der Waals surface area (Å²) in [6.45, 7) is 0. The molecule has 3 nitrogen and oxygen atoms in total. The Bertz CT molecular complexity index is 3860. The van der Waals surface area contributed by atoms with E-state index < -0.39 is 0 Å².